The zero-order chi connectivity index (χ0) is 15.8. The fraction of sp³-hybridized carbons (Fsp3) is 0.357. The molecule has 1 aromatic rings. The summed E-state index contributed by atoms with van der Waals surface area (Å²) in [5.74, 6) is -1.07. The lowest BCUT2D eigenvalue weighted by molar-refractivity contribution is -0.150. The maximum atomic E-state index is 11.9. The quantitative estimate of drug-likeness (QED) is 0.750. The van der Waals surface area contributed by atoms with Crippen molar-refractivity contribution in [3.8, 4) is 5.75 Å². The first-order chi connectivity index (χ1) is 9.95. The molecule has 0 aliphatic carbocycles. The predicted octanol–water partition coefficient (Wildman–Crippen LogP) is 0.0564. The minimum absolute atomic E-state index is 0.317. The Morgan fingerprint density at radius 1 is 1.19 bits per heavy atom. The van der Waals surface area contributed by atoms with Gasteiger partial charge in [0.15, 0.2) is 6.61 Å². The lowest BCUT2D eigenvalue weighted by Gasteiger charge is -2.11. The molecule has 0 atom stereocenters. The average Bonchev–Trinajstić information content (AvgIpc) is 2.49. The number of carbonyl (C=O) groups excluding carboxylic acids is 3. The zero-order valence-corrected chi connectivity index (χ0v) is 12.2. The summed E-state index contributed by atoms with van der Waals surface area (Å²) in [6, 6.07) is 6.64. The molecule has 0 aliphatic rings. The molecule has 0 heterocycles. The van der Waals surface area contributed by atoms with Crippen LogP contribution in [0.2, 0.25) is 0 Å². The van der Waals surface area contributed by atoms with Crippen molar-refractivity contribution in [3.63, 3.8) is 0 Å². The van der Waals surface area contributed by atoms with Gasteiger partial charge in [-0.05, 0) is 12.1 Å². The Morgan fingerprint density at radius 2 is 1.86 bits per heavy atom. The highest BCUT2D eigenvalue weighted by atomic mass is 16.5. The molecule has 21 heavy (non-hydrogen) atoms. The average molecular weight is 294 g/mol. The topological polar surface area (TPSA) is 84.9 Å². The number of methoxy groups -OCH3 is 1. The summed E-state index contributed by atoms with van der Waals surface area (Å²) in [6.45, 7) is -0.673. The van der Waals surface area contributed by atoms with E-state index in [1.807, 2.05) is 0 Å². The van der Waals surface area contributed by atoms with Crippen molar-refractivity contribution >= 4 is 17.8 Å². The number of para-hydroxylation sites is 1. The number of nitrogens with one attached hydrogen (secondary N) is 1. The minimum Gasteiger partial charge on any atom is -0.496 e. The molecule has 2 amide bonds. The molecular formula is C14H18N2O5. The van der Waals surface area contributed by atoms with Crippen LogP contribution in [0.15, 0.2) is 24.3 Å². The van der Waals surface area contributed by atoms with E-state index in [0.717, 1.165) is 0 Å². The number of ether oxygens (including phenoxy) is 2. The van der Waals surface area contributed by atoms with Crippen LogP contribution < -0.4 is 10.1 Å². The van der Waals surface area contributed by atoms with Crippen LogP contribution in [0.1, 0.15) is 10.4 Å². The number of carbonyl (C=O) groups is 3. The third-order valence-electron chi connectivity index (χ3n) is 2.60. The highest BCUT2D eigenvalue weighted by Gasteiger charge is 2.14. The van der Waals surface area contributed by atoms with Gasteiger partial charge in [0.05, 0.1) is 12.7 Å². The van der Waals surface area contributed by atoms with Gasteiger partial charge in [0.1, 0.15) is 12.3 Å². The second-order valence-corrected chi connectivity index (χ2v) is 4.33. The van der Waals surface area contributed by atoms with Gasteiger partial charge in [0, 0.05) is 14.1 Å². The highest BCUT2D eigenvalue weighted by Crippen LogP contribution is 2.16. The minimum atomic E-state index is -0.687. The van der Waals surface area contributed by atoms with Gasteiger partial charge in [-0.3, -0.25) is 14.4 Å². The molecule has 0 aromatic heterocycles. The van der Waals surface area contributed by atoms with Gasteiger partial charge in [-0.15, -0.1) is 0 Å². The Morgan fingerprint density at radius 3 is 2.48 bits per heavy atom. The Labute approximate surface area is 122 Å². The van der Waals surface area contributed by atoms with Crippen molar-refractivity contribution in [1.29, 1.82) is 0 Å². The molecule has 0 saturated carbocycles. The van der Waals surface area contributed by atoms with Crippen LogP contribution in [-0.4, -0.2) is 57.0 Å². The summed E-state index contributed by atoms with van der Waals surface area (Å²) in [5, 5.41) is 2.41. The normalized spacial score (nSPS) is 9.67. The predicted molar refractivity (Wildman–Crippen MR) is 75.0 cm³/mol. The van der Waals surface area contributed by atoms with E-state index in [9.17, 15) is 14.4 Å². The van der Waals surface area contributed by atoms with E-state index < -0.39 is 11.9 Å². The van der Waals surface area contributed by atoms with Crippen molar-refractivity contribution in [3.05, 3.63) is 29.8 Å². The summed E-state index contributed by atoms with van der Waals surface area (Å²) in [4.78, 5) is 35.9. The Kier molecular flexibility index (Phi) is 6.19. The molecule has 0 fully saturated rings. The van der Waals surface area contributed by atoms with E-state index in [1.165, 1.54) is 12.0 Å². The van der Waals surface area contributed by atoms with Crippen LogP contribution in [0.4, 0.5) is 0 Å². The van der Waals surface area contributed by atoms with Crippen LogP contribution in [0.25, 0.3) is 0 Å². The maximum absolute atomic E-state index is 11.9. The summed E-state index contributed by atoms with van der Waals surface area (Å²) in [6.07, 6.45) is 0. The van der Waals surface area contributed by atoms with Gasteiger partial charge >= 0.3 is 5.97 Å². The first-order valence-electron chi connectivity index (χ1n) is 6.22. The number of esters is 1. The molecule has 0 aliphatic heterocycles. The van der Waals surface area contributed by atoms with Gasteiger partial charge in [-0.1, -0.05) is 12.1 Å². The van der Waals surface area contributed by atoms with E-state index in [2.05, 4.69) is 5.32 Å². The van der Waals surface area contributed by atoms with Crippen LogP contribution in [0, 0.1) is 0 Å². The van der Waals surface area contributed by atoms with Crippen LogP contribution in [0.5, 0.6) is 5.75 Å². The number of benzene rings is 1. The van der Waals surface area contributed by atoms with E-state index in [1.54, 1.807) is 38.4 Å². The second-order valence-electron chi connectivity index (χ2n) is 4.33. The van der Waals surface area contributed by atoms with Crippen LogP contribution in [-0.2, 0) is 14.3 Å². The van der Waals surface area contributed by atoms with E-state index in [4.69, 9.17) is 9.47 Å². The molecule has 0 bridgehead atoms. The first kappa shape index (κ1) is 16.5. The number of likely N-dealkylation sites (N-methyl/N-ethyl adjacent to an activating group) is 1. The number of hydrogen-bond acceptors (Lipinski definition) is 5. The second kappa shape index (κ2) is 7.88. The third kappa shape index (κ3) is 5.13. The molecule has 1 N–H and O–H groups in total. The standard InChI is InChI=1S/C14H18N2O5/c1-16(2)12(17)9-21-13(18)8-15-14(19)10-6-4-5-7-11(10)20-3/h4-7H,8-9H2,1-3H3,(H,15,19). The molecule has 1 aromatic carbocycles. The molecule has 0 spiro atoms. The van der Waals surface area contributed by atoms with E-state index in [-0.39, 0.29) is 19.1 Å². The smallest absolute Gasteiger partial charge is 0.325 e. The summed E-state index contributed by atoms with van der Waals surface area (Å²) in [7, 11) is 4.56. The number of amides is 2. The number of rotatable bonds is 6. The number of nitrogens with zero attached hydrogens (tertiary/aromatic N) is 1. The van der Waals surface area contributed by atoms with E-state index >= 15 is 0 Å². The Bertz CT molecular complexity index is 528. The van der Waals surface area contributed by atoms with Crippen molar-refractivity contribution < 1.29 is 23.9 Å². The summed E-state index contributed by atoms with van der Waals surface area (Å²) in [5.41, 5.74) is 0.317. The largest absolute Gasteiger partial charge is 0.496 e. The maximum Gasteiger partial charge on any atom is 0.325 e. The van der Waals surface area contributed by atoms with Gasteiger partial charge in [-0.25, -0.2) is 0 Å². The molecule has 7 heteroatoms. The van der Waals surface area contributed by atoms with Gasteiger partial charge < -0.3 is 19.7 Å². The fourth-order valence-corrected chi connectivity index (χ4v) is 1.40. The Balaban J connectivity index is 2.46. The van der Waals surface area contributed by atoms with Crippen molar-refractivity contribution in [2.24, 2.45) is 0 Å². The third-order valence-corrected chi connectivity index (χ3v) is 2.60. The van der Waals surface area contributed by atoms with Crippen molar-refractivity contribution in [1.82, 2.24) is 10.2 Å². The molecule has 0 saturated heterocycles. The number of hydrogen-bond donors (Lipinski definition) is 1. The molecule has 114 valence electrons. The molecular weight excluding hydrogens is 276 g/mol. The van der Waals surface area contributed by atoms with Gasteiger partial charge in [0.2, 0.25) is 0 Å². The first-order valence-corrected chi connectivity index (χ1v) is 6.22. The van der Waals surface area contributed by atoms with Gasteiger partial charge in [0.25, 0.3) is 11.8 Å². The molecule has 1 rings (SSSR count). The molecule has 0 unspecified atom stereocenters. The van der Waals surface area contributed by atoms with Gasteiger partial charge in [-0.2, -0.15) is 0 Å². The monoisotopic (exact) mass is 294 g/mol. The fourth-order valence-electron chi connectivity index (χ4n) is 1.40. The lowest BCUT2D eigenvalue weighted by atomic mass is 10.2. The van der Waals surface area contributed by atoms with Crippen molar-refractivity contribution in [2.75, 3.05) is 34.4 Å². The zero-order valence-electron chi connectivity index (χ0n) is 12.2. The lowest BCUT2D eigenvalue weighted by Crippen LogP contribution is -2.33. The summed E-state index contributed by atoms with van der Waals surface area (Å²) < 4.78 is 9.78. The SMILES string of the molecule is COc1ccccc1C(=O)NCC(=O)OCC(=O)N(C)C. The van der Waals surface area contributed by atoms with Crippen molar-refractivity contribution in [2.45, 2.75) is 0 Å². The highest BCUT2D eigenvalue weighted by molar-refractivity contribution is 5.98. The molecule has 7 nitrogen and oxygen atoms in total. The Hall–Kier alpha value is -2.57. The summed E-state index contributed by atoms with van der Waals surface area (Å²) >= 11 is 0. The molecule has 0 radical (unpaired) electrons. The van der Waals surface area contributed by atoms with E-state index in [0.29, 0.717) is 11.3 Å². The van der Waals surface area contributed by atoms with Crippen LogP contribution >= 0.6 is 0 Å². The van der Waals surface area contributed by atoms with Crippen LogP contribution in [0.3, 0.4) is 0 Å².